The number of nitrogens with zero attached hydrogens (tertiary/aromatic N) is 1. The lowest BCUT2D eigenvalue weighted by molar-refractivity contribution is -0.141. The van der Waals surface area contributed by atoms with Crippen molar-refractivity contribution >= 4 is 35.0 Å². The summed E-state index contributed by atoms with van der Waals surface area (Å²) >= 11 is 13.0. The van der Waals surface area contributed by atoms with Crippen molar-refractivity contribution in [3.63, 3.8) is 0 Å². The van der Waals surface area contributed by atoms with Gasteiger partial charge in [-0.05, 0) is 49.1 Å². The average Bonchev–Trinajstić information content (AvgIpc) is 2.84. The molecule has 0 aromatic heterocycles. The summed E-state index contributed by atoms with van der Waals surface area (Å²) in [5, 5.41) is 4.01. The first-order valence-electron chi connectivity index (χ1n) is 11.9. The fraction of sp³-hybridized carbons (Fsp3) is 0.310. The van der Waals surface area contributed by atoms with E-state index >= 15 is 0 Å². The van der Waals surface area contributed by atoms with E-state index in [9.17, 15) is 9.59 Å². The molecule has 0 aliphatic heterocycles. The highest BCUT2D eigenvalue weighted by Crippen LogP contribution is 2.28. The lowest BCUT2D eigenvalue weighted by Crippen LogP contribution is -2.52. The topological polar surface area (TPSA) is 49.4 Å². The summed E-state index contributed by atoms with van der Waals surface area (Å²) in [4.78, 5) is 29.0. The van der Waals surface area contributed by atoms with E-state index in [4.69, 9.17) is 23.2 Å². The molecule has 0 aliphatic rings. The molecule has 4 nitrogen and oxygen atoms in total. The largest absolute Gasteiger partial charge is 0.352 e. The van der Waals surface area contributed by atoms with Crippen molar-refractivity contribution in [2.45, 2.75) is 58.7 Å². The molecule has 3 aromatic carbocycles. The molecular weight excluding hydrogens is 479 g/mol. The first-order valence-corrected chi connectivity index (χ1v) is 12.7. The molecule has 184 valence electrons. The fourth-order valence-corrected chi connectivity index (χ4v) is 4.44. The number of hydrogen-bond acceptors (Lipinski definition) is 2. The lowest BCUT2D eigenvalue weighted by atomic mass is 10.00. The van der Waals surface area contributed by atoms with Crippen molar-refractivity contribution in [1.82, 2.24) is 10.2 Å². The van der Waals surface area contributed by atoms with Crippen LogP contribution >= 0.6 is 23.2 Å². The number of carbonyl (C=O) groups is 2. The number of nitrogens with one attached hydrogen (secondary N) is 1. The number of hydrogen-bond donors (Lipinski definition) is 1. The zero-order valence-corrected chi connectivity index (χ0v) is 21.9. The van der Waals surface area contributed by atoms with Gasteiger partial charge in [0.15, 0.2) is 0 Å². The van der Waals surface area contributed by atoms with Gasteiger partial charge < -0.3 is 10.2 Å². The van der Waals surface area contributed by atoms with E-state index in [-0.39, 0.29) is 30.8 Å². The lowest BCUT2D eigenvalue weighted by Gasteiger charge is -2.33. The molecule has 0 radical (unpaired) electrons. The Balaban J connectivity index is 2.03. The molecule has 3 rings (SSSR count). The maximum Gasteiger partial charge on any atom is 0.243 e. The van der Waals surface area contributed by atoms with Crippen LogP contribution in [0.15, 0.2) is 72.8 Å². The summed E-state index contributed by atoms with van der Waals surface area (Å²) in [5.41, 5.74) is 3.55. The third-order valence-electron chi connectivity index (χ3n) is 6.27. The van der Waals surface area contributed by atoms with E-state index in [0.29, 0.717) is 22.0 Å². The predicted octanol–water partition coefficient (Wildman–Crippen LogP) is 6.40. The third kappa shape index (κ3) is 7.33. The highest BCUT2D eigenvalue weighted by atomic mass is 35.5. The van der Waals surface area contributed by atoms with Gasteiger partial charge in [-0.2, -0.15) is 0 Å². The molecule has 2 atom stereocenters. The van der Waals surface area contributed by atoms with Crippen molar-refractivity contribution in [2.75, 3.05) is 0 Å². The zero-order chi connectivity index (χ0) is 25.4. The molecule has 2 amide bonds. The minimum Gasteiger partial charge on any atom is -0.352 e. The van der Waals surface area contributed by atoms with Crippen LogP contribution in [0.4, 0.5) is 0 Å². The van der Waals surface area contributed by atoms with Crippen LogP contribution < -0.4 is 5.32 Å². The summed E-state index contributed by atoms with van der Waals surface area (Å²) in [5.74, 6) is -0.347. The van der Waals surface area contributed by atoms with Crippen LogP contribution in [-0.2, 0) is 29.0 Å². The van der Waals surface area contributed by atoms with E-state index in [1.165, 1.54) is 0 Å². The Morgan fingerprint density at radius 2 is 1.54 bits per heavy atom. The molecule has 0 saturated heterocycles. The molecule has 35 heavy (non-hydrogen) atoms. The molecule has 6 heteroatoms. The van der Waals surface area contributed by atoms with Crippen molar-refractivity contribution < 1.29 is 9.59 Å². The van der Waals surface area contributed by atoms with Crippen LogP contribution in [0.2, 0.25) is 10.0 Å². The second-order valence-corrected chi connectivity index (χ2v) is 9.66. The second kappa shape index (κ2) is 12.8. The molecule has 0 unspecified atom stereocenters. The molecular formula is C29H32Cl2N2O2. The smallest absolute Gasteiger partial charge is 0.243 e. The minimum atomic E-state index is -0.727. The van der Waals surface area contributed by atoms with Crippen LogP contribution in [0.1, 0.15) is 42.5 Å². The van der Waals surface area contributed by atoms with Gasteiger partial charge >= 0.3 is 0 Å². The van der Waals surface area contributed by atoms with E-state index in [1.807, 2.05) is 75.4 Å². The molecule has 1 N–H and O–H groups in total. The average molecular weight is 511 g/mol. The highest BCUT2D eigenvalue weighted by molar-refractivity contribution is 6.36. The Labute approximate surface area is 218 Å². The minimum absolute atomic E-state index is 0.0157. The van der Waals surface area contributed by atoms with E-state index in [2.05, 4.69) is 5.32 Å². The first kappa shape index (κ1) is 26.8. The van der Waals surface area contributed by atoms with Gasteiger partial charge in [0, 0.05) is 34.6 Å². The highest BCUT2D eigenvalue weighted by Gasteiger charge is 2.32. The molecule has 0 saturated carbocycles. The molecule has 0 heterocycles. The number of carbonyl (C=O) groups excluding carboxylic acids is 2. The Kier molecular flexibility index (Phi) is 9.76. The maximum absolute atomic E-state index is 13.8. The molecule has 0 aliphatic carbocycles. The quantitative estimate of drug-likeness (QED) is 0.343. The van der Waals surface area contributed by atoms with Gasteiger partial charge in [0.05, 0.1) is 6.42 Å². The second-order valence-electron chi connectivity index (χ2n) is 8.85. The molecule has 0 spiro atoms. The Hall–Kier alpha value is -2.82. The van der Waals surface area contributed by atoms with Crippen LogP contribution in [0.5, 0.6) is 0 Å². The summed E-state index contributed by atoms with van der Waals surface area (Å²) in [6.45, 7) is 6.09. The van der Waals surface area contributed by atoms with Gasteiger partial charge in [0.25, 0.3) is 0 Å². The first-order chi connectivity index (χ1) is 16.8. The van der Waals surface area contributed by atoms with Crippen LogP contribution in [-0.4, -0.2) is 28.8 Å². The van der Waals surface area contributed by atoms with Crippen molar-refractivity contribution in [3.05, 3.63) is 105 Å². The van der Waals surface area contributed by atoms with Gasteiger partial charge in [-0.15, -0.1) is 0 Å². The molecule has 0 bridgehead atoms. The number of aryl methyl sites for hydroxylation is 1. The summed E-state index contributed by atoms with van der Waals surface area (Å²) in [6, 6.07) is 22.1. The van der Waals surface area contributed by atoms with Crippen LogP contribution in [0.25, 0.3) is 0 Å². The Bertz CT molecular complexity index is 1130. The van der Waals surface area contributed by atoms with Gasteiger partial charge in [0.2, 0.25) is 11.8 Å². The summed E-state index contributed by atoms with van der Waals surface area (Å²) < 4.78 is 0. The third-order valence-corrected chi connectivity index (χ3v) is 6.97. The maximum atomic E-state index is 13.8. The van der Waals surface area contributed by atoms with Crippen molar-refractivity contribution in [3.8, 4) is 0 Å². The van der Waals surface area contributed by atoms with Gasteiger partial charge in [-0.3, -0.25) is 9.59 Å². The zero-order valence-electron chi connectivity index (χ0n) is 20.4. The van der Waals surface area contributed by atoms with Crippen molar-refractivity contribution in [2.24, 2.45) is 0 Å². The number of halogens is 2. The van der Waals surface area contributed by atoms with Crippen LogP contribution in [0, 0.1) is 6.92 Å². The molecule has 3 aromatic rings. The Morgan fingerprint density at radius 1 is 0.914 bits per heavy atom. The summed E-state index contributed by atoms with van der Waals surface area (Å²) in [7, 11) is 0. The normalized spacial score (nSPS) is 12.6. The van der Waals surface area contributed by atoms with Crippen molar-refractivity contribution in [1.29, 1.82) is 0 Å². The monoisotopic (exact) mass is 510 g/mol. The Morgan fingerprint density at radius 3 is 2.17 bits per heavy atom. The molecule has 0 fully saturated rings. The number of rotatable bonds is 10. The van der Waals surface area contributed by atoms with Gasteiger partial charge in [-0.1, -0.05) is 90.8 Å². The van der Waals surface area contributed by atoms with Crippen LogP contribution in [0.3, 0.4) is 0 Å². The number of benzene rings is 3. The van der Waals surface area contributed by atoms with E-state index < -0.39 is 6.04 Å². The predicted molar refractivity (Wildman–Crippen MR) is 144 cm³/mol. The van der Waals surface area contributed by atoms with Gasteiger partial charge in [-0.25, -0.2) is 0 Å². The number of amides is 2. The SMILES string of the molecule is CC[C@H](C)NC(=O)[C@@H](Cc1ccccc1)N(Cc1c(Cl)cccc1Cl)C(=O)Cc1ccccc1C. The summed E-state index contributed by atoms with van der Waals surface area (Å²) in [6.07, 6.45) is 1.35. The van der Waals surface area contributed by atoms with E-state index in [1.54, 1.807) is 23.1 Å². The fourth-order valence-electron chi connectivity index (χ4n) is 3.92. The van der Waals surface area contributed by atoms with Gasteiger partial charge in [0.1, 0.15) is 6.04 Å². The van der Waals surface area contributed by atoms with E-state index in [0.717, 1.165) is 23.1 Å². The standard InChI is InChI=1S/C29H32Cl2N2O2/c1-4-21(3)32-29(35)27(17-22-12-6-5-7-13-22)33(19-24-25(30)15-10-16-26(24)31)28(34)18-23-14-9-8-11-20(23)2/h5-16,21,27H,4,17-19H2,1-3H3,(H,32,35)/t21-,27+/m0/s1.